The summed E-state index contributed by atoms with van der Waals surface area (Å²) in [5.41, 5.74) is 1.73. The second-order valence-corrected chi connectivity index (χ2v) is 10.7. The van der Waals surface area contributed by atoms with Crippen LogP contribution in [0.5, 0.6) is 0 Å². The van der Waals surface area contributed by atoms with Gasteiger partial charge < -0.3 is 19.4 Å². The third kappa shape index (κ3) is 6.49. The number of nitrogens with zero attached hydrogens (tertiary/aromatic N) is 3. The van der Waals surface area contributed by atoms with Gasteiger partial charge in [0, 0.05) is 37.3 Å². The number of anilines is 1. The fourth-order valence-corrected chi connectivity index (χ4v) is 5.29. The zero-order chi connectivity index (χ0) is 23.4. The van der Waals surface area contributed by atoms with E-state index in [1.807, 2.05) is 20.8 Å². The highest BCUT2D eigenvalue weighted by atomic mass is 16.6. The van der Waals surface area contributed by atoms with E-state index in [0.29, 0.717) is 23.6 Å². The van der Waals surface area contributed by atoms with E-state index in [0.717, 1.165) is 31.5 Å². The van der Waals surface area contributed by atoms with Crippen molar-refractivity contribution >= 4 is 11.8 Å². The Morgan fingerprint density at radius 2 is 1.88 bits per heavy atom. The summed E-state index contributed by atoms with van der Waals surface area (Å²) < 4.78 is 11.1. The number of benzene rings is 1. The Balaban J connectivity index is 1.35. The van der Waals surface area contributed by atoms with Crippen molar-refractivity contribution in [2.24, 2.45) is 11.8 Å². The van der Waals surface area contributed by atoms with E-state index in [2.05, 4.69) is 44.7 Å². The molecule has 180 valence electrons. The first-order chi connectivity index (χ1) is 15.8. The van der Waals surface area contributed by atoms with Crippen molar-refractivity contribution in [2.75, 3.05) is 18.0 Å². The summed E-state index contributed by atoms with van der Waals surface area (Å²) >= 11 is 0. The summed E-state index contributed by atoms with van der Waals surface area (Å²) in [6.45, 7) is 9.69. The molecule has 0 bridgehead atoms. The van der Waals surface area contributed by atoms with E-state index >= 15 is 0 Å². The molecule has 3 atom stereocenters. The van der Waals surface area contributed by atoms with Crippen LogP contribution < -0.4 is 10.2 Å². The number of ether oxygens (including phenoxy) is 1. The lowest BCUT2D eigenvalue weighted by atomic mass is 9.77. The highest BCUT2D eigenvalue weighted by Crippen LogP contribution is 2.34. The van der Waals surface area contributed by atoms with Crippen molar-refractivity contribution in [3.63, 3.8) is 0 Å². The number of carbonyl (C=O) groups is 1. The predicted octanol–water partition coefficient (Wildman–Crippen LogP) is 5.74. The Kier molecular flexibility index (Phi) is 7.25. The molecule has 1 N–H and O–H groups in total. The number of nitrogens with one attached hydrogen (secondary N) is 1. The fourth-order valence-electron chi connectivity index (χ4n) is 5.29. The molecule has 2 aliphatic rings. The molecule has 1 aliphatic carbocycles. The fraction of sp³-hybridized carbons (Fsp3) is 0.654. The minimum absolute atomic E-state index is 0.223. The predicted molar refractivity (Wildman–Crippen MR) is 129 cm³/mol. The minimum atomic E-state index is -0.462. The van der Waals surface area contributed by atoms with Gasteiger partial charge in [-0.25, -0.2) is 4.79 Å². The van der Waals surface area contributed by atoms with Gasteiger partial charge >= 0.3 is 6.09 Å². The lowest BCUT2D eigenvalue weighted by Crippen LogP contribution is -2.46. The van der Waals surface area contributed by atoms with E-state index in [4.69, 9.17) is 9.15 Å². The summed E-state index contributed by atoms with van der Waals surface area (Å²) in [4.78, 5) is 14.9. The van der Waals surface area contributed by atoms with Crippen LogP contribution in [-0.2, 0) is 4.74 Å². The van der Waals surface area contributed by atoms with Crippen molar-refractivity contribution in [3.8, 4) is 11.5 Å². The lowest BCUT2D eigenvalue weighted by Gasteiger charge is -2.39. The van der Waals surface area contributed by atoms with Crippen molar-refractivity contribution in [2.45, 2.75) is 84.3 Å². The Bertz CT molecular complexity index is 918. The molecular weight excluding hydrogens is 416 g/mol. The number of carbonyl (C=O) groups excluding carboxylic acids is 1. The lowest BCUT2D eigenvalue weighted by molar-refractivity contribution is 0.0460. The van der Waals surface area contributed by atoms with Gasteiger partial charge in [0.05, 0.1) is 0 Å². The maximum atomic E-state index is 12.4. The molecular formula is C26H38N4O3. The summed E-state index contributed by atoms with van der Waals surface area (Å²) in [5.74, 6) is 2.31. The van der Waals surface area contributed by atoms with Gasteiger partial charge in [0.15, 0.2) is 0 Å². The van der Waals surface area contributed by atoms with E-state index < -0.39 is 5.60 Å². The maximum Gasteiger partial charge on any atom is 0.407 e. The molecule has 0 spiro atoms. The zero-order valence-electron chi connectivity index (χ0n) is 20.5. The highest BCUT2D eigenvalue weighted by Gasteiger charge is 2.31. The number of piperidine rings is 1. The van der Waals surface area contributed by atoms with E-state index in [1.54, 1.807) is 6.92 Å². The van der Waals surface area contributed by atoms with Gasteiger partial charge in [0.25, 0.3) is 0 Å². The maximum absolute atomic E-state index is 12.4. The number of rotatable bonds is 5. The molecule has 2 aromatic rings. The number of hydrogen-bond acceptors (Lipinski definition) is 6. The van der Waals surface area contributed by atoms with Crippen LogP contribution in [-0.4, -0.2) is 41.0 Å². The number of aromatic nitrogens is 2. The summed E-state index contributed by atoms with van der Waals surface area (Å²) in [7, 11) is 0. The highest BCUT2D eigenvalue weighted by molar-refractivity contribution is 5.68. The van der Waals surface area contributed by atoms with Gasteiger partial charge in [-0.2, -0.15) is 0 Å². The molecule has 7 nitrogen and oxygen atoms in total. The molecule has 1 unspecified atom stereocenters. The molecule has 1 aromatic heterocycles. The first-order valence-corrected chi connectivity index (χ1v) is 12.4. The molecule has 7 heteroatoms. The Labute approximate surface area is 197 Å². The van der Waals surface area contributed by atoms with Crippen LogP contribution in [0.3, 0.4) is 0 Å². The normalized spacial score (nSPS) is 23.9. The first-order valence-electron chi connectivity index (χ1n) is 12.4. The van der Waals surface area contributed by atoms with Gasteiger partial charge in [-0.1, -0.05) is 12.8 Å². The third-order valence-corrected chi connectivity index (χ3v) is 6.77. The van der Waals surface area contributed by atoms with Gasteiger partial charge in [0.1, 0.15) is 5.60 Å². The van der Waals surface area contributed by atoms with Crippen LogP contribution >= 0.6 is 0 Å². The second kappa shape index (κ2) is 10.1. The van der Waals surface area contributed by atoms with Gasteiger partial charge in [-0.05, 0) is 89.0 Å². The number of aryl methyl sites for hydroxylation is 1. The van der Waals surface area contributed by atoms with Crippen LogP contribution in [0, 0.1) is 18.8 Å². The molecule has 1 saturated carbocycles. The van der Waals surface area contributed by atoms with Crippen LogP contribution in [0.1, 0.15) is 71.6 Å². The summed E-state index contributed by atoms with van der Waals surface area (Å²) in [6.07, 6.45) is 8.02. The number of amides is 1. The van der Waals surface area contributed by atoms with Crippen molar-refractivity contribution < 1.29 is 13.9 Å². The molecule has 2 fully saturated rings. The summed E-state index contributed by atoms with van der Waals surface area (Å²) in [5, 5.41) is 11.2. The molecule has 1 saturated heterocycles. The average molecular weight is 455 g/mol. The standard InChI is InChI=1S/C26H38N4O3/c1-18-28-29-24(32-18)20-11-13-22(14-12-20)30-15-7-8-19(17-30)16-21-9-5-6-10-23(21)27-25(31)33-26(2,3)4/h11-14,19,21,23H,5-10,15-17H2,1-4H3,(H,27,31)/t19?,21-,23+/m0/s1. The summed E-state index contributed by atoms with van der Waals surface area (Å²) in [6, 6.07) is 8.66. The quantitative estimate of drug-likeness (QED) is 0.621. The Morgan fingerprint density at radius 3 is 2.58 bits per heavy atom. The molecule has 0 radical (unpaired) electrons. The average Bonchev–Trinajstić information content (AvgIpc) is 3.20. The van der Waals surface area contributed by atoms with E-state index in [-0.39, 0.29) is 12.1 Å². The van der Waals surface area contributed by atoms with Crippen LogP contribution in [0.25, 0.3) is 11.5 Å². The third-order valence-electron chi connectivity index (χ3n) is 6.77. The van der Waals surface area contributed by atoms with E-state index in [1.165, 1.54) is 37.8 Å². The van der Waals surface area contributed by atoms with Crippen LogP contribution in [0.4, 0.5) is 10.5 Å². The van der Waals surface area contributed by atoms with Gasteiger partial charge in [-0.15, -0.1) is 10.2 Å². The largest absolute Gasteiger partial charge is 0.444 e. The van der Waals surface area contributed by atoms with Crippen LogP contribution in [0.2, 0.25) is 0 Å². The van der Waals surface area contributed by atoms with Gasteiger partial charge in [0.2, 0.25) is 11.8 Å². The smallest absolute Gasteiger partial charge is 0.407 e. The number of hydrogen-bond donors (Lipinski definition) is 1. The monoisotopic (exact) mass is 454 g/mol. The minimum Gasteiger partial charge on any atom is -0.444 e. The van der Waals surface area contributed by atoms with Crippen LogP contribution in [0.15, 0.2) is 28.7 Å². The Morgan fingerprint density at radius 1 is 1.12 bits per heavy atom. The second-order valence-electron chi connectivity index (χ2n) is 10.7. The molecule has 33 heavy (non-hydrogen) atoms. The van der Waals surface area contributed by atoms with Crippen molar-refractivity contribution in [1.82, 2.24) is 15.5 Å². The SMILES string of the molecule is Cc1nnc(-c2ccc(N3CCCC(C[C@@H]4CCCC[C@H]4NC(=O)OC(C)(C)C)C3)cc2)o1. The number of alkyl carbamates (subject to hydrolysis) is 1. The molecule has 4 rings (SSSR count). The molecule has 1 aromatic carbocycles. The zero-order valence-corrected chi connectivity index (χ0v) is 20.5. The molecule has 1 aliphatic heterocycles. The Hall–Kier alpha value is -2.57. The molecule has 1 amide bonds. The van der Waals surface area contributed by atoms with Crippen molar-refractivity contribution in [1.29, 1.82) is 0 Å². The van der Waals surface area contributed by atoms with E-state index in [9.17, 15) is 4.79 Å². The molecule has 2 heterocycles. The van der Waals surface area contributed by atoms with Gasteiger partial charge in [-0.3, -0.25) is 0 Å². The van der Waals surface area contributed by atoms with Crippen molar-refractivity contribution in [3.05, 3.63) is 30.2 Å². The first kappa shape index (κ1) is 23.6. The topological polar surface area (TPSA) is 80.5 Å².